The third-order valence-corrected chi connectivity index (χ3v) is 5.00. The number of nitrogens with one attached hydrogen (secondary N) is 2. The number of rotatable bonds is 6. The lowest BCUT2D eigenvalue weighted by molar-refractivity contribution is 0.0696. The van der Waals surface area contributed by atoms with Gasteiger partial charge < -0.3 is 10.4 Å². The summed E-state index contributed by atoms with van der Waals surface area (Å²) in [7, 11) is -2.30. The Bertz CT molecular complexity index is 804. The van der Waals surface area contributed by atoms with Crippen molar-refractivity contribution in [2.75, 3.05) is 12.4 Å². The number of benzene rings is 2. The third kappa shape index (κ3) is 3.88. The van der Waals surface area contributed by atoms with Crippen LogP contribution in [0.3, 0.4) is 0 Å². The Morgan fingerprint density at radius 1 is 1.13 bits per heavy atom. The first-order chi connectivity index (χ1) is 10.8. The molecule has 0 aromatic heterocycles. The van der Waals surface area contributed by atoms with Gasteiger partial charge in [-0.15, -0.1) is 0 Å². The average Bonchev–Trinajstić information content (AvgIpc) is 2.54. The first-order valence-electron chi connectivity index (χ1n) is 6.97. The summed E-state index contributed by atoms with van der Waals surface area (Å²) in [6.45, 7) is 1.73. The van der Waals surface area contributed by atoms with Gasteiger partial charge in [-0.1, -0.05) is 30.3 Å². The van der Waals surface area contributed by atoms with Crippen molar-refractivity contribution in [3.63, 3.8) is 0 Å². The maximum Gasteiger partial charge on any atom is 0.335 e. The molecule has 0 aliphatic carbocycles. The fourth-order valence-corrected chi connectivity index (χ4v) is 3.66. The smallest absolute Gasteiger partial charge is 0.335 e. The van der Waals surface area contributed by atoms with Crippen molar-refractivity contribution in [2.24, 2.45) is 0 Å². The second kappa shape index (κ2) is 6.80. The molecule has 0 radical (unpaired) electrons. The van der Waals surface area contributed by atoms with Crippen molar-refractivity contribution in [1.82, 2.24) is 4.72 Å². The molecule has 2 rings (SSSR count). The average molecular weight is 334 g/mol. The fourth-order valence-electron chi connectivity index (χ4n) is 2.19. The Labute approximate surface area is 135 Å². The maximum atomic E-state index is 12.6. The highest BCUT2D eigenvalue weighted by molar-refractivity contribution is 7.89. The van der Waals surface area contributed by atoms with Gasteiger partial charge in [0.15, 0.2) is 0 Å². The van der Waals surface area contributed by atoms with Crippen LogP contribution in [0.1, 0.15) is 28.9 Å². The predicted molar refractivity (Wildman–Crippen MR) is 88.1 cm³/mol. The summed E-state index contributed by atoms with van der Waals surface area (Å²) in [6.07, 6.45) is 0. The van der Waals surface area contributed by atoms with Gasteiger partial charge in [-0.25, -0.2) is 17.9 Å². The summed E-state index contributed by atoms with van der Waals surface area (Å²) in [5, 5.41) is 11.8. The molecule has 0 amide bonds. The second-order valence-corrected chi connectivity index (χ2v) is 6.70. The van der Waals surface area contributed by atoms with Crippen LogP contribution in [0.25, 0.3) is 0 Å². The fraction of sp³-hybridized carbons (Fsp3) is 0.188. The van der Waals surface area contributed by atoms with E-state index in [0.717, 1.165) is 11.6 Å². The largest absolute Gasteiger partial charge is 0.478 e. The molecule has 0 saturated heterocycles. The molecule has 0 fully saturated rings. The quantitative estimate of drug-likeness (QED) is 0.754. The molecule has 2 aromatic rings. The topological polar surface area (TPSA) is 95.5 Å². The molecule has 0 saturated carbocycles. The molecule has 0 aliphatic rings. The highest BCUT2D eigenvalue weighted by Gasteiger charge is 2.23. The van der Waals surface area contributed by atoms with Crippen molar-refractivity contribution in [3.8, 4) is 0 Å². The van der Waals surface area contributed by atoms with Crippen LogP contribution < -0.4 is 10.0 Å². The van der Waals surface area contributed by atoms with E-state index in [9.17, 15) is 13.2 Å². The summed E-state index contributed by atoms with van der Waals surface area (Å²) in [4.78, 5) is 11.0. The number of carbonyl (C=O) groups is 1. The molecule has 0 unspecified atom stereocenters. The minimum Gasteiger partial charge on any atom is -0.478 e. The molecular weight excluding hydrogens is 316 g/mol. The van der Waals surface area contributed by atoms with Crippen molar-refractivity contribution in [3.05, 3.63) is 59.7 Å². The highest BCUT2D eigenvalue weighted by atomic mass is 32.2. The first kappa shape index (κ1) is 17.0. The Balaban J connectivity index is 2.39. The molecule has 7 heteroatoms. The summed E-state index contributed by atoms with van der Waals surface area (Å²) in [5.74, 6) is -1.18. The summed E-state index contributed by atoms with van der Waals surface area (Å²) < 4.78 is 27.8. The zero-order valence-corrected chi connectivity index (χ0v) is 13.6. The second-order valence-electron chi connectivity index (χ2n) is 5.02. The van der Waals surface area contributed by atoms with E-state index in [1.165, 1.54) is 12.1 Å². The Morgan fingerprint density at radius 3 is 2.35 bits per heavy atom. The summed E-state index contributed by atoms with van der Waals surface area (Å²) in [6, 6.07) is 12.6. The van der Waals surface area contributed by atoms with Gasteiger partial charge in [-0.3, -0.25) is 0 Å². The Hall–Kier alpha value is -2.38. The Kier molecular flexibility index (Phi) is 5.02. The van der Waals surface area contributed by atoms with E-state index in [-0.39, 0.29) is 10.5 Å². The van der Waals surface area contributed by atoms with Crippen molar-refractivity contribution >= 4 is 21.7 Å². The molecule has 3 N–H and O–H groups in total. The van der Waals surface area contributed by atoms with Gasteiger partial charge in [0.05, 0.1) is 11.3 Å². The van der Waals surface area contributed by atoms with Crippen LogP contribution >= 0.6 is 0 Å². The number of sulfonamides is 1. The van der Waals surface area contributed by atoms with Gasteiger partial charge in [-0.05, 0) is 30.7 Å². The molecule has 122 valence electrons. The number of hydrogen-bond donors (Lipinski definition) is 3. The lowest BCUT2D eigenvalue weighted by Gasteiger charge is -2.17. The molecule has 2 aromatic carbocycles. The van der Waals surface area contributed by atoms with Gasteiger partial charge in [0, 0.05) is 13.1 Å². The number of aromatic carboxylic acids is 1. The van der Waals surface area contributed by atoms with E-state index in [1.807, 2.05) is 30.3 Å². The number of carboxylic acid groups (broad SMARTS) is 1. The number of hydrogen-bond acceptors (Lipinski definition) is 4. The summed E-state index contributed by atoms with van der Waals surface area (Å²) in [5.41, 5.74) is 1.07. The van der Waals surface area contributed by atoms with E-state index in [0.29, 0.717) is 5.69 Å². The number of carboxylic acids is 1. The first-order valence-corrected chi connectivity index (χ1v) is 8.46. The Morgan fingerprint density at radius 2 is 1.78 bits per heavy atom. The highest BCUT2D eigenvalue weighted by Crippen LogP contribution is 2.24. The van der Waals surface area contributed by atoms with E-state index >= 15 is 0 Å². The normalized spacial score (nSPS) is 12.6. The third-order valence-electron chi connectivity index (χ3n) is 3.42. The molecular formula is C16H18N2O4S. The molecule has 6 nitrogen and oxygen atoms in total. The van der Waals surface area contributed by atoms with Gasteiger partial charge in [0.2, 0.25) is 10.0 Å². The van der Waals surface area contributed by atoms with Crippen LogP contribution in [-0.4, -0.2) is 26.5 Å². The SMILES string of the molecule is CNc1ccc(C(=O)O)cc1S(=O)(=O)N[C@H](C)c1ccccc1. The van der Waals surface area contributed by atoms with E-state index < -0.39 is 22.0 Å². The van der Waals surface area contributed by atoms with Crippen LogP contribution in [-0.2, 0) is 10.0 Å². The van der Waals surface area contributed by atoms with Crippen LogP contribution in [0.5, 0.6) is 0 Å². The van der Waals surface area contributed by atoms with E-state index in [4.69, 9.17) is 5.11 Å². The lowest BCUT2D eigenvalue weighted by Crippen LogP contribution is -2.27. The van der Waals surface area contributed by atoms with Crippen LogP contribution in [0.15, 0.2) is 53.4 Å². The predicted octanol–water partition coefficient (Wildman–Crippen LogP) is 2.47. The summed E-state index contributed by atoms with van der Waals surface area (Å²) >= 11 is 0. The lowest BCUT2D eigenvalue weighted by atomic mass is 10.1. The molecule has 0 heterocycles. The van der Waals surface area contributed by atoms with E-state index in [1.54, 1.807) is 14.0 Å². The van der Waals surface area contributed by atoms with Crippen molar-refractivity contribution in [2.45, 2.75) is 17.9 Å². The van der Waals surface area contributed by atoms with Crippen LogP contribution in [0, 0.1) is 0 Å². The molecule has 0 spiro atoms. The molecule has 23 heavy (non-hydrogen) atoms. The van der Waals surface area contributed by atoms with Crippen molar-refractivity contribution in [1.29, 1.82) is 0 Å². The van der Waals surface area contributed by atoms with E-state index in [2.05, 4.69) is 10.0 Å². The minimum atomic E-state index is -3.88. The zero-order chi connectivity index (χ0) is 17.0. The molecule has 0 aliphatic heterocycles. The van der Waals surface area contributed by atoms with Gasteiger partial charge in [0.25, 0.3) is 0 Å². The molecule has 0 bridgehead atoms. The maximum absolute atomic E-state index is 12.6. The van der Waals surface area contributed by atoms with Crippen LogP contribution in [0.4, 0.5) is 5.69 Å². The molecule has 1 atom stereocenters. The monoisotopic (exact) mass is 334 g/mol. The van der Waals surface area contributed by atoms with Gasteiger partial charge in [-0.2, -0.15) is 0 Å². The minimum absolute atomic E-state index is 0.0864. The van der Waals surface area contributed by atoms with Crippen molar-refractivity contribution < 1.29 is 18.3 Å². The van der Waals surface area contributed by atoms with Crippen LogP contribution in [0.2, 0.25) is 0 Å². The van der Waals surface area contributed by atoms with Gasteiger partial charge >= 0.3 is 5.97 Å². The number of anilines is 1. The zero-order valence-electron chi connectivity index (χ0n) is 12.8. The standard InChI is InChI=1S/C16H18N2O4S/c1-11(12-6-4-3-5-7-12)18-23(21,22)15-10-13(16(19)20)8-9-14(15)17-2/h3-11,17-18H,1-2H3,(H,19,20)/t11-/m1/s1. The van der Waals surface area contributed by atoms with Gasteiger partial charge in [0.1, 0.15) is 4.90 Å².